The molecule has 0 saturated carbocycles. The van der Waals surface area contributed by atoms with Gasteiger partial charge in [-0.25, -0.2) is 13.4 Å². The Morgan fingerprint density at radius 2 is 2.00 bits per heavy atom. The first kappa shape index (κ1) is 23.6. The Balaban J connectivity index is 0.00000190. The Morgan fingerprint density at radius 3 is 2.71 bits per heavy atom. The summed E-state index contributed by atoms with van der Waals surface area (Å²) in [5, 5.41) is 1.85. The van der Waals surface area contributed by atoms with Crippen molar-refractivity contribution in [3.63, 3.8) is 0 Å². The lowest BCUT2D eigenvalue weighted by atomic mass is 10.1. The fourth-order valence-corrected chi connectivity index (χ4v) is 6.33. The van der Waals surface area contributed by atoms with Gasteiger partial charge in [0.05, 0.1) is 15.4 Å². The highest BCUT2D eigenvalue weighted by atomic mass is 35.5. The van der Waals surface area contributed by atoms with E-state index < -0.39 is 10.0 Å². The van der Waals surface area contributed by atoms with Crippen LogP contribution in [0.1, 0.15) is 9.78 Å². The zero-order valence-corrected chi connectivity index (χ0v) is 21.2. The molecule has 1 aliphatic heterocycles. The highest BCUT2D eigenvalue weighted by molar-refractivity contribution is 7.93. The van der Waals surface area contributed by atoms with Crippen molar-refractivity contribution in [3.05, 3.63) is 66.1 Å². The predicted molar refractivity (Wildman–Crippen MR) is 142 cm³/mol. The van der Waals surface area contributed by atoms with Gasteiger partial charge in [-0.3, -0.25) is 9.52 Å². The quantitative estimate of drug-likeness (QED) is 0.398. The summed E-state index contributed by atoms with van der Waals surface area (Å²) in [4.78, 5) is 21.2. The molecule has 1 atom stereocenters. The molecule has 186 valence electrons. The number of amides is 1. The molecule has 0 bridgehead atoms. The number of benzene rings is 2. The molecule has 0 unspecified atom stereocenters. The van der Waals surface area contributed by atoms with Gasteiger partial charge in [-0.1, -0.05) is 23.7 Å². The van der Waals surface area contributed by atoms with Crippen LogP contribution in [-0.4, -0.2) is 58.8 Å². The smallest absolute Gasteiger partial charge is 0.263 e. The zero-order chi connectivity index (χ0) is 24.6. The molecule has 4 aromatic rings. The molecule has 5 rings (SSSR count). The summed E-state index contributed by atoms with van der Waals surface area (Å²) in [6, 6.07) is 14.4. The molecule has 0 radical (unpaired) electrons. The summed E-state index contributed by atoms with van der Waals surface area (Å²) in [6.45, 7) is 4.12. The molecule has 35 heavy (non-hydrogen) atoms. The van der Waals surface area contributed by atoms with E-state index in [2.05, 4.69) is 19.0 Å². The molecule has 12 heteroatoms. The van der Waals surface area contributed by atoms with Gasteiger partial charge in [0.25, 0.3) is 10.0 Å². The van der Waals surface area contributed by atoms with Crippen LogP contribution in [0.15, 0.2) is 66.0 Å². The number of nitrogens with zero attached hydrogens (tertiary/aromatic N) is 5. The molecular weight excluding hydrogens is 508 g/mol. The van der Waals surface area contributed by atoms with E-state index in [0.29, 0.717) is 24.7 Å². The molecule has 3 heterocycles. The van der Waals surface area contributed by atoms with Gasteiger partial charge in [0, 0.05) is 57.3 Å². The van der Waals surface area contributed by atoms with Gasteiger partial charge in [-0.2, -0.15) is 4.37 Å². The summed E-state index contributed by atoms with van der Waals surface area (Å²) in [7, 11) is -3.73. The summed E-state index contributed by atoms with van der Waals surface area (Å²) < 4.78 is 33.2. The average Bonchev–Trinajstić information content (AvgIpc) is 3.49. The molecule has 0 spiro atoms. The maximum absolute atomic E-state index is 13.1. The number of nitrogens with one attached hydrogen (secondary N) is 1. The number of anilines is 2. The van der Waals surface area contributed by atoms with Gasteiger partial charge in [-0.15, -0.1) is 0 Å². The minimum Gasteiger partial charge on any atom is -0.368 e. The van der Waals surface area contributed by atoms with E-state index in [4.69, 9.17) is 11.6 Å². The third kappa shape index (κ3) is 4.84. The molecule has 1 N–H and O–H groups in total. The number of sulfonamides is 1. The highest BCUT2D eigenvalue weighted by Gasteiger charge is 2.28. The van der Waals surface area contributed by atoms with Crippen molar-refractivity contribution in [2.75, 3.05) is 29.3 Å². The largest absolute Gasteiger partial charge is 0.368 e. The summed E-state index contributed by atoms with van der Waals surface area (Å²) in [5.74, 6) is 0.0405. The lowest BCUT2D eigenvalue weighted by Gasteiger charge is -2.41. The Morgan fingerprint density at radius 1 is 1.20 bits per heavy atom. The number of fused-ring (bicyclic) bond motifs is 1. The van der Waals surface area contributed by atoms with Crippen molar-refractivity contribution in [1.82, 2.24) is 18.8 Å². The molecule has 2 aromatic heterocycles. The highest BCUT2D eigenvalue weighted by Crippen LogP contribution is 2.26. The number of hydrogen-bond acceptors (Lipinski definition) is 7. The fourth-order valence-electron chi connectivity index (χ4n) is 4.37. The number of carbonyl (C=O) groups is 1. The second-order valence-corrected chi connectivity index (χ2v) is 11.2. The predicted octanol–water partition coefficient (Wildman–Crippen LogP) is 4.18. The van der Waals surface area contributed by atoms with Crippen molar-refractivity contribution in [3.8, 4) is 0 Å². The summed E-state index contributed by atoms with van der Waals surface area (Å²) in [6.07, 6.45) is 3.19. The van der Waals surface area contributed by atoms with E-state index in [1.54, 1.807) is 24.3 Å². The average molecular weight is 535 g/mol. The minimum atomic E-state index is -3.73. The van der Waals surface area contributed by atoms with Crippen LogP contribution in [0, 0.1) is 0 Å². The molecule has 1 saturated heterocycles. The van der Waals surface area contributed by atoms with Gasteiger partial charge in [-0.05, 0) is 43.3 Å². The Labute approximate surface area is 215 Å². The topological polar surface area (TPSA) is 100 Å². The standard InChI is InChI=1S/C23H23ClN6O3S2.2H2/c1-16-13-28(18-5-7-19(8-6-18)35(32,33)27-23-25-15-26-34-23)11-12-30(16)21(31)14-29-10-9-17-3-2-4-20(24)22(17)29;;/h2-10,15-16H,11-14H2,1H3,(H,25,26,27);2*1H/t16-;;/m0../s1. The SMILES string of the molecule is C[C@H]1CN(c2ccc(S(=O)(=O)Nc3ncns3)cc2)CCN1C(=O)Cn1ccc2cccc(Cl)c21.[HH].[HH]. The monoisotopic (exact) mass is 534 g/mol. The lowest BCUT2D eigenvalue weighted by molar-refractivity contribution is -0.134. The molecule has 0 aliphatic carbocycles. The second-order valence-electron chi connectivity index (χ2n) is 8.35. The number of rotatable bonds is 6. The van der Waals surface area contributed by atoms with Crippen LogP contribution >= 0.6 is 23.1 Å². The van der Waals surface area contributed by atoms with E-state index in [0.717, 1.165) is 28.1 Å². The van der Waals surface area contributed by atoms with E-state index in [1.807, 2.05) is 46.9 Å². The van der Waals surface area contributed by atoms with Crippen molar-refractivity contribution >= 4 is 60.8 Å². The molecule has 1 amide bonds. The minimum absolute atomic E-state index is 0. The van der Waals surface area contributed by atoms with Crippen LogP contribution in [0.2, 0.25) is 5.02 Å². The molecule has 2 aromatic carbocycles. The number of para-hydroxylation sites is 1. The van der Waals surface area contributed by atoms with Crippen molar-refractivity contribution in [2.45, 2.75) is 24.4 Å². The van der Waals surface area contributed by atoms with Crippen molar-refractivity contribution < 1.29 is 16.1 Å². The zero-order valence-electron chi connectivity index (χ0n) is 18.8. The number of halogens is 1. The molecule has 1 aliphatic rings. The Bertz CT molecular complexity index is 1470. The van der Waals surface area contributed by atoms with Gasteiger partial charge >= 0.3 is 0 Å². The lowest BCUT2D eigenvalue weighted by Crippen LogP contribution is -2.54. The summed E-state index contributed by atoms with van der Waals surface area (Å²) in [5.41, 5.74) is 1.77. The van der Waals surface area contributed by atoms with E-state index in [9.17, 15) is 13.2 Å². The molecular formula is C23H27ClN6O3S2. The number of hydrogen-bond donors (Lipinski definition) is 1. The van der Waals surface area contributed by atoms with Crippen LogP contribution in [0.3, 0.4) is 0 Å². The van der Waals surface area contributed by atoms with E-state index >= 15 is 0 Å². The Kier molecular flexibility index (Phi) is 6.39. The maximum atomic E-state index is 13.1. The van der Waals surface area contributed by atoms with Gasteiger partial charge in [0.2, 0.25) is 11.0 Å². The second kappa shape index (κ2) is 9.48. The normalized spacial score (nSPS) is 16.6. The fraction of sp³-hybridized carbons (Fsp3) is 0.261. The number of piperazine rings is 1. The van der Waals surface area contributed by atoms with Crippen LogP contribution in [-0.2, 0) is 21.4 Å². The van der Waals surface area contributed by atoms with E-state index in [1.165, 1.54) is 6.33 Å². The Hall–Kier alpha value is -3.15. The van der Waals surface area contributed by atoms with Crippen LogP contribution in [0.5, 0.6) is 0 Å². The third-order valence-corrected chi connectivity index (χ3v) is 8.46. The van der Waals surface area contributed by atoms with Gasteiger partial charge in [0.15, 0.2) is 0 Å². The first-order chi connectivity index (χ1) is 16.8. The first-order valence-electron chi connectivity index (χ1n) is 11.0. The third-order valence-electron chi connectivity index (χ3n) is 6.09. The van der Waals surface area contributed by atoms with Crippen molar-refractivity contribution in [2.24, 2.45) is 0 Å². The van der Waals surface area contributed by atoms with Crippen molar-refractivity contribution in [1.29, 1.82) is 0 Å². The van der Waals surface area contributed by atoms with Crippen LogP contribution < -0.4 is 9.62 Å². The maximum Gasteiger partial charge on any atom is 0.263 e. The van der Waals surface area contributed by atoms with Gasteiger partial charge in [0.1, 0.15) is 12.9 Å². The first-order valence-corrected chi connectivity index (χ1v) is 13.6. The van der Waals surface area contributed by atoms with E-state index in [-0.39, 0.29) is 31.4 Å². The number of aromatic nitrogens is 3. The number of carbonyl (C=O) groups excluding carboxylic acids is 1. The summed E-state index contributed by atoms with van der Waals surface area (Å²) >= 11 is 7.34. The molecule has 1 fully saturated rings. The molecule has 9 nitrogen and oxygen atoms in total. The van der Waals surface area contributed by atoms with Crippen LogP contribution in [0.25, 0.3) is 10.9 Å². The van der Waals surface area contributed by atoms with Crippen LogP contribution in [0.4, 0.5) is 10.8 Å². The van der Waals surface area contributed by atoms with Gasteiger partial charge < -0.3 is 14.4 Å².